The maximum absolute atomic E-state index is 11.6. The van der Waals surface area contributed by atoms with Gasteiger partial charge in [0.05, 0.1) is 12.4 Å². The van der Waals surface area contributed by atoms with E-state index in [1.165, 1.54) is 6.92 Å². The summed E-state index contributed by atoms with van der Waals surface area (Å²) in [5.41, 5.74) is 0. The molecule has 0 aliphatic heterocycles. The van der Waals surface area contributed by atoms with Crippen molar-refractivity contribution in [3.05, 3.63) is 0 Å². The molecule has 0 spiro atoms. The molecule has 0 aliphatic rings. The molecule has 0 aromatic rings. The van der Waals surface area contributed by atoms with Gasteiger partial charge in [0, 0.05) is 0 Å². The molecule has 0 fully saturated rings. The molecule has 0 aromatic carbocycles. The first-order chi connectivity index (χ1) is 6.31. The largest absolute Gasteiger partial charge is 0.465 e. The van der Waals surface area contributed by atoms with Crippen molar-refractivity contribution in [3.8, 4) is 0 Å². The summed E-state index contributed by atoms with van der Waals surface area (Å²) in [4.78, 5) is 11.2. The van der Waals surface area contributed by atoms with Crippen LogP contribution >= 0.6 is 0 Å². The summed E-state index contributed by atoms with van der Waals surface area (Å²) in [5.74, 6) is -0.613. The first-order valence-electron chi connectivity index (χ1n) is 4.69. The van der Waals surface area contributed by atoms with Crippen molar-refractivity contribution in [1.82, 2.24) is 0 Å². The van der Waals surface area contributed by atoms with Crippen molar-refractivity contribution in [2.75, 3.05) is 12.4 Å². The molecule has 1 unspecified atom stereocenters. The molecule has 5 heteroatoms. The van der Waals surface area contributed by atoms with Crippen molar-refractivity contribution < 1.29 is 17.9 Å². The van der Waals surface area contributed by atoms with Gasteiger partial charge in [0.2, 0.25) is 0 Å². The average Bonchev–Trinajstić information content (AvgIpc) is 2.01. The molecule has 0 amide bonds. The highest BCUT2D eigenvalue weighted by atomic mass is 32.2. The summed E-state index contributed by atoms with van der Waals surface area (Å²) in [5, 5.41) is -1.05. The minimum atomic E-state index is -3.36. The van der Waals surface area contributed by atoms with E-state index in [0.29, 0.717) is 0 Å². The normalized spacial score (nSPS) is 14.1. The predicted octanol–water partition coefficient (Wildman–Crippen LogP) is 1.01. The number of rotatable bonds is 5. The van der Waals surface area contributed by atoms with Gasteiger partial charge in [-0.1, -0.05) is 13.8 Å². The van der Waals surface area contributed by atoms with Crippen molar-refractivity contribution >= 4 is 15.8 Å². The van der Waals surface area contributed by atoms with Crippen molar-refractivity contribution in [2.24, 2.45) is 5.92 Å². The second-order valence-electron chi connectivity index (χ2n) is 3.62. The highest BCUT2D eigenvalue weighted by Crippen LogP contribution is 2.09. The number of carbonyl (C=O) groups excluding carboxylic acids is 1. The molecule has 0 heterocycles. The summed E-state index contributed by atoms with van der Waals surface area (Å²) in [6.07, 6.45) is 0. The molecule has 0 rings (SSSR count). The second-order valence-corrected chi connectivity index (χ2v) is 5.98. The Balaban J connectivity index is 4.51. The molecule has 4 nitrogen and oxygen atoms in total. The molecule has 0 radical (unpaired) electrons. The van der Waals surface area contributed by atoms with Gasteiger partial charge in [-0.15, -0.1) is 0 Å². The van der Waals surface area contributed by atoms with Crippen LogP contribution in [0.4, 0.5) is 0 Å². The third-order valence-corrected chi connectivity index (χ3v) is 4.12. The molecule has 14 heavy (non-hydrogen) atoms. The summed E-state index contributed by atoms with van der Waals surface area (Å²) >= 11 is 0. The zero-order chi connectivity index (χ0) is 11.4. The summed E-state index contributed by atoms with van der Waals surface area (Å²) < 4.78 is 27.8. The molecule has 84 valence electrons. The van der Waals surface area contributed by atoms with Crippen LogP contribution in [0.5, 0.6) is 0 Å². The van der Waals surface area contributed by atoms with Crippen LogP contribution in [0.3, 0.4) is 0 Å². The fourth-order valence-electron chi connectivity index (χ4n) is 1.02. The highest BCUT2D eigenvalue weighted by Gasteiger charge is 2.29. The Morgan fingerprint density at radius 3 is 2.14 bits per heavy atom. The van der Waals surface area contributed by atoms with E-state index in [1.807, 2.05) is 0 Å². The van der Waals surface area contributed by atoms with Crippen molar-refractivity contribution in [1.29, 1.82) is 0 Å². The number of ether oxygens (including phenoxy) is 1. The number of hydrogen-bond acceptors (Lipinski definition) is 4. The number of esters is 1. The number of hydrogen-bond donors (Lipinski definition) is 0. The quantitative estimate of drug-likeness (QED) is 0.651. The lowest BCUT2D eigenvalue weighted by atomic mass is 10.3. The molecule has 0 aliphatic carbocycles. The zero-order valence-corrected chi connectivity index (χ0v) is 9.93. The topological polar surface area (TPSA) is 60.4 Å². The Hall–Kier alpha value is -0.580. The molecular weight excluding hydrogens is 204 g/mol. The van der Waals surface area contributed by atoms with Gasteiger partial charge in [-0.25, -0.2) is 8.42 Å². The minimum Gasteiger partial charge on any atom is -0.465 e. The van der Waals surface area contributed by atoms with E-state index in [4.69, 9.17) is 0 Å². The summed E-state index contributed by atoms with van der Waals surface area (Å²) in [7, 11) is -3.36. The Morgan fingerprint density at radius 2 is 1.79 bits per heavy atom. The zero-order valence-electron chi connectivity index (χ0n) is 9.11. The van der Waals surface area contributed by atoms with Crippen LogP contribution in [0.15, 0.2) is 0 Å². The molecule has 0 bridgehead atoms. The first kappa shape index (κ1) is 13.4. The van der Waals surface area contributed by atoms with E-state index in [0.717, 1.165) is 0 Å². The standard InChI is InChI=1S/C9H18O4S/c1-5-13-9(10)8(4)14(11,12)6-7(2)3/h7-8H,5-6H2,1-4H3. The van der Waals surface area contributed by atoms with E-state index < -0.39 is 21.1 Å². The summed E-state index contributed by atoms with van der Waals surface area (Å²) in [6, 6.07) is 0. The van der Waals surface area contributed by atoms with E-state index in [9.17, 15) is 13.2 Å². The lowest BCUT2D eigenvalue weighted by Crippen LogP contribution is -2.32. The monoisotopic (exact) mass is 222 g/mol. The van der Waals surface area contributed by atoms with Crippen LogP contribution in [0.1, 0.15) is 27.7 Å². The third kappa shape index (κ3) is 4.09. The fourth-order valence-corrected chi connectivity index (χ4v) is 2.59. The van der Waals surface area contributed by atoms with Crippen LogP contribution in [-0.2, 0) is 19.4 Å². The minimum absolute atomic E-state index is 0.0208. The lowest BCUT2D eigenvalue weighted by Gasteiger charge is -2.13. The second kappa shape index (κ2) is 5.34. The summed E-state index contributed by atoms with van der Waals surface area (Å²) in [6.45, 7) is 6.83. The van der Waals surface area contributed by atoms with Gasteiger partial charge >= 0.3 is 5.97 Å². The predicted molar refractivity (Wildman–Crippen MR) is 54.7 cm³/mol. The molecule has 0 N–H and O–H groups in total. The highest BCUT2D eigenvalue weighted by molar-refractivity contribution is 7.92. The third-order valence-electron chi connectivity index (χ3n) is 1.72. The van der Waals surface area contributed by atoms with Gasteiger partial charge in [-0.3, -0.25) is 4.79 Å². The van der Waals surface area contributed by atoms with E-state index >= 15 is 0 Å². The molecule has 0 saturated heterocycles. The number of carbonyl (C=O) groups is 1. The van der Waals surface area contributed by atoms with Gasteiger partial charge in [0.25, 0.3) is 0 Å². The van der Waals surface area contributed by atoms with Gasteiger partial charge < -0.3 is 4.74 Å². The van der Waals surface area contributed by atoms with Crippen molar-refractivity contribution in [3.63, 3.8) is 0 Å². The van der Waals surface area contributed by atoms with Crippen LogP contribution in [0.25, 0.3) is 0 Å². The Labute approximate surface area is 85.6 Å². The Bertz CT molecular complexity index is 279. The van der Waals surface area contributed by atoms with E-state index in [1.54, 1.807) is 20.8 Å². The SMILES string of the molecule is CCOC(=O)C(C)S(=O)(=O)CC(C)C. The Kier molecular flexibility index (Phi) is 5.12. The average molecular weight is 222 g/mol. The van der Waals surface area contributed by atoms with E-state index in [2.05, 4.69) is 4.74 Å². The van der Waals surface area contributed by atoms with Gasteiger partial charge in [0.1, 0.15) is 0 Å². The lowest BCUT2D eigenvalue weighted by molar-refractivity contribution is -0.142. The van der Waals surface area contributed by atoms with Crippen LogP contribution in [0, 0.1) is 5.92 Å². The Morgan fingerprint density at radius 1 is 1.29 bits per heavy atom. The van der Waals surface area contributed by atoms with Crippen LogP contribution in [-0.4, -0.2) is 32.0 Å². The van der Waals surface area contributed by atoms with Crippen LogP contribution < -0.4 is 0 Å². The fraction of sp³-hybridized carbons (Fsp3) is 0.889. The van der Waals surface area contributed by atoms with Gasteiger partial charge in [-0.05, 0) is 19.8 Å². The first-order valence-corrected chi connectivity index (χ1v) is 6.41. The van der Waals surface area contributed by atoms with Crippen molar-refractivity contribution in [2.45, 2.75) is 32.9 Å². The molecular formula is C9H18O4S. The molecule has 0 aromatic heterocycles. The molecule has 1 atom stereocenters. The maximum atomic E-state index is 11.6. The van der Waals surface area contributed by atoms with Gasteiger partial charge in [-0.2, -0.15) is 0 Å². The molecule has 0 saturated carbocycles. The van der Waals surface area contributed by atoms with Gasteiger partial charge in [0.15, 0.2) is 15.1 Å². The maximum Gasteiger partial charge on any atom is 0.324 e. The van der Waals surface area contributed by atoms with Crippen LogP contribution in [0.2, 0.25) is 0 Å². The number of sulfone groups is 1. The van der Waals surface area contributed by atoms with E-state index in [-0.39, 0.29) is 18.3 Å². The smallest absolute Gasteiger partial charge is 0.324 e.